The molecule has 1 atom stereocenters. The van der Waals surface area contributed by atoms with Crippen molar-refractivity contribution in [3.05, 3.63) is 80.9 Å². The number of nitrogens with zero attached hydrogens (tertiary/aromatic N) is 1. The van der Waals surface area contributed by atoms with Crippen LogP contribution in [-0.2, 0) is 4.74 Å². The Hall–Kier alpha value is -3.36. The van der Waals surface area contributed by atoms with Crippen LogP contribution in [0.3, 0.4) is 0 Å². The van der Waals surface area contributed by atoms with E-state index < -0.39 is 29.0 Å². The largest absolute Gasteiger partial charge is 0.492 e. The molecule has 0 spiro atoms. The van der Waals surface area contributed by atoms with Gasteiger partial charge in [-0.05, 0) is 18.2 Å². The summed E-state index contributed by atoms with van der Waals surface area (Å²) >= 11 is 6.40. The lowest BCUT2D eigenvalue weighted by Crippen LogP contribution is -2.27. The van der Waals surface area contributed by atoms with Gasteiger partial charge in [-0.25, -0.2) is 9.18 Å². The fraction of sp³-hybridized carbons (Fsp3) is 0.217. The third-order valence-corrected chi connectivity index (χ3v) is 5.31. The maximum Gasteiger partial charge on any atom is 0.341 e. The van der Waals surface area contributed by atoms with Crippen LogP contribution in [0.25, 0.3) is 11.3 Å². The smallest absolute Gasteiger partial charge is 0.341 e. The Balaban J connectivity index is 1.83. The molecule has 1 aromatic heterocycles. The highest BCUT2D eigenvalue weighted by molar-refractivity contribution is 6.32. The Bertz CT molecular complexity index is 1220. The van der Waals surface area contributed by atoms with E-state index in [-0.39, 0.29) is 0 Å². The third kappa shape index (κ3) is 4.19. The Kier molecular flexibility index (Phi) is 6.16. The molecule has 2 heterocycles. The molecule has 0 saturated heterocycles. The maximum atomic E-state index is 13.5. The molecule has 32 heavy (non-hydrogen) atoms. The van der Waals surface area contributed by atoms with Gasteiger partial charge in [0.05, 0.1) is 17.3 Å². The van der Waals surface area contributed by atoms with Crippen LogP contribution in [0.2, 0.25) is 5.02 Å². The van der Waals surface area contributed by atoms with Gasteiger partial charge in [0.2, 0.25) is 6.23 Å². The van der Waals surface area contributed by atoms with Crippen LogP contribution in [0.5, 0.6) is 11.5 Å². The average Bonchev–Trinajstić information content (AvgIpc) is 2.77. The normalized spacial score (nSPS) is 14.3. The van der Waals surface area contributed by atoms with Gasteiger partial charge >= 0.3 is 5.97 Å². The van der Waals surface area contributed by atoms with Crippen LogP contribution in [0.4, 0.5) is 4.39 Å². The van der Waals surface area contributed by atoms with Crippen molar-refractivity contribution in [2.45, 2.75) is 12.6 Å². The highest BCUT2D eigenvalue weighted by Gasteiger charge is 2.29. The van der Waals surface area contributed by atoms with Crippen molar-refractivity contribution in [3.63, 3.8) is 0 Å². The van der Waals surface area contributed by atoms with E-state index in [0.29, 0.717) is 53.0 Å². The minimum Gasteiger partial charge on any atom is -0.492 e. The zero-order valence-electron chi connectivity index (χ0n) is 17.0. The Morgan fingerprint density at radius 3 is 2.66 bits per heavy atom. The van der Waals surface area contributed by atoms with E-state index in [1.807, 2.05) is 0 Å². The van der Waals surface area contributed by atoms with Crippen LogP contribution in [0, 0.1) is 5.82 Å². The number of ether oxygens (including phenoxy) is 3. The Labute approximate surface area is 187 Å². The molecular weight excluding hydrogens is 441 g/mol. The summed E-state index contributed by atoms with van der Waals surface area (Å²) in [6.45, 7) is 0.916. The van der Waals surface area contributed by atoms with Gasteiger partial charge in [0.1, 0.15) is 22.9 Å². The lowest BCUT2D eigenvalue weighted by atomic mass is 10.0. The molecule has 0 radical (unpaired) electrons. The van der Waals surface area contributed by atoms with E-state index in [1.54, 1.807) is 19.2 Å². The van der Waals surface area contributed by atoms with Crippen molar-refractivity contribution in [2.75, 3.05) is 20.3 Å². The summed E-state index contributed by atoms with van der Waals surface area (Å²) in [5.41, 5.74) is 0.438. The molecule has 2 aromatic carbocycles. The molecule has 0 saturated carbocycles. The number of carboxylic acid groups (broad SMARTS) is 1. The average molecular weight is 460 g/mol. The van der Waals surface area contributed by atoms with Gasteiger partial charge in [0, 0.05) is 49.6 Å². The standard InChI is InChI=1S/C23H19ClFNO6/c1-30-7-2-8-31-21-11-20-15(9-17(21)24)18-10-19(27)16(23(28)29)12-26(18)22(32-20)13-3-5-14(25)6-4-13/h3-6,9-12,22H,2,7-8H2,1H3,(H,28,29). The summed E-state index contributed by atoms with van der Waals surface area (Å²) < 4.78 is 31.9. The number of rotatable bonds is 7. The van der Waals surface area contributed by atoms with Crippen molar-refractivity contribution in [1.29, 1.82) is 0 Å². The topological polar surface area (TPSA) is 87.0 Å². The summed E-state index contributed by atoms with van der Waals surface area (Å²) in [7, 11) is 1.60. The van der Waals surface area contributed by atoms with E-state index in [0.717, 1.165) is 0 Å². The highest BCUT2D eigenvalue weighted by atomic mass is 35.5. The Morgan fingerprint density at radius 2 is 1.97 bits per heavy atom. The maximum absolute atomic E-state index is 13.5. The van der Waals surface area contributed by atoms with E-state index in [2.05, 4.69) is 0 Å². The number of fused-ring (bicyclic) bond motifs is 3. The third-order valence-electron chi connectivity index (χ3n) is 5.02. The van der Waals surface area contributed by atoms with Gasteiger partial charge in [-0.2, -0.15) is 0 Å². The molecule has 9 heteroatoms. The molecule has 0 amide bonds. The summed E-state index contributed by atoms with van der Waals surface area (Å²) in [5, 5.41) is 9.72. The summed E-state index contributed by atoms with van der Waals surface area (Å²) in [6, 6.07) is 10.1. The van der Waals surface area contributed by atoms with Crippen LogP contribution in [-0.4, -0.2) is 36.0 Å². The van der Waals surface area contributed by atoms with Gasteiger partial charge in [0.25, 0.3) is 0 Å². The zero-order valence-corrected chi connectivity index (χ0v) is 17.8. The molecule has 3 aromatic rings. The number of methoxy groups -OCH3 is 1. The van der Waals surface area contributed by atoms with E-state index in [9.17, 15) is 19.1 Å². The zero-order chi connectivity index (χ0) is 22.8. The first-order chi connectivity index (χ1) is 15.4. The summed E-state index contributed by atoms with van der Waals surface area (Å²) in [5.74, 6) is -0.980. The molecule has 1 aliphatic rings. The van der Waals surface area contributed by atoms with E-state index in [1.165, 1.54) is 41.1 Å². The first-order valence-corrected chi connectivity index (χ1v) is 10.1. The van der Waals surface area contributed by atoms with Crippen LogP contribution in [0.1, 0.15) is 28.6 Å². The fourth-order valence-electron chi connectivity index (χ4n) is 3.48. The number of aromatic nitrogens is 1. The summed E-state index contributed by atoms with van der Waals surface area (Å²) in [6.07, 6.45) is 1.05. The number of carboxylic acids is 1. The van der Waals surface area contributed by atoms with Crippen LogP contribution in [0.15, 0.2) is 53.5 Å². The molecule has 1 unspecified atom stereocenters. The molecule has 0 aliphatic carbocycles. The number of hydrogen-bond acceptors (Lipinski definition) is 5. The van der Waals surface area contributed by atoms with Crippen molar-refractivity contribution < 1.29 is 28.5 Å². The molecule has 1 aliphatic heterocycles. The van der Waals surface area contributed by atoms with Crippen LogP contribution >= 0.6 is 11.6 Å². The second-order valence-electron chi connectivity index (χ2n) is 7.14. The summed E-state index contributed by atoms with van der Waals surface area (Å²) in [4.78, 5) is 24.0. The van der Waals surface area contributed by atoms with Gasteiger partial charge in [-0.3, -0.25) is 4.79 Å². The number of carbonyl (C=O) groups is 1. The monoisotopic (exact) mass is 459 g/mol. The number of halogens is 2. The number of pyridine rings is 1. The predicted octanol–water partition coefficient (Wildman–Crippen LogP) is 4.36. The molecule has 0 fully saturated rings. The molecule has 7 nitrogen and oxygen atoms in total. The van der Waals surface area contributed by atoms with Gasteiger partial charge in [-0.15, -0.1) is 0 Å². The van der Waals surface area contributed by atoms with Crippen molar-refractivity contribution in [3.8, 4) is 22.8 Å². The molecule has 0 bridgehead atoms. The van der Waals surface area contributed by atoms with Gasteiger partial charge < -0.3 is 23.9 Å². The minimum atomic E-state index is -1.35. The molecule has 4 rings (SSSR count). The minimum absolute atomic E-state index is 0.311. The van der Waals surface area contributed by atoms with E-state index in [4.69, 9.17) is 25.8 Å². The van der Waals surface area contributed by atoms with Crippen molar-refractivity contribution >= 4 is 17.6 Å². The lowest BCUT2D eigenvalue weighted by molar-refractivity contribution is 0.0693. The number of aromatic carboxylic acids is 1. The van der Waals surface area contributed by atoms with Crippen molar-refractivity contribution in [1.82, 2.24) is 4.57 Å². The SMILES string of the molecule is COCCCOc1cc2c(cc1Cl)-c1cc(=O)c(C(=O)O)cn1C(c1ccc(F)cc1)O2. The first-order valence-electron chi connectivity index (χ1n) is 9.76. The lowest BCUT2D eigenvalue weighted by Gasteiger charge is -2.32. The van der Waals surface area contributed by atoms with Gasteiger partial charge in [0.15, 0.2) is 5.43 Å². The molecule has 1 N–H and O–H groups in total. The quantitative estimate of drug-likeness (QED) is 0.528. The number of hydrogen-bond donors (Lipinski definition) is 1. The van der Waals surface area contributed by atoms with Crippen molar-refractivity contribution in [2.24, 2.45) is 0 Å². The second-order valence-corrected chi connectivity index (χ2v) is 7.55. The number of benzene rings is 2. The highest BCUT2D eigenvalue weighted by Crippen LogP contribution is 2.44. The Morgan fingerprint density at radius 1 is 1.22 bits per heavy atom. The second kappa shape index (κ2) is 9.02. The van der Waals surface area contributed by atoms with Gasteiger partial charge in [-0.1, -0.05) is 23.7 Å². The fourth-order valence-corrected chi connectivity index (χ4v) is 3.70. The predicted molar refractivity (Wildman–Crippen MR) is 115 cm³/mol. The first kappa shape index (κ1) is 21.9. The molecular formula is C23H19ClFNO6. The van der Waals surface area contributed by atoms with Crippen LogP contribution < -0.4 is 14.9 Å². The van der Waals surface area contributed by atoms with E-state index >= 15 is 0 Å². The molecule has 166 valence electrons.